The summed E-state index contributed by atoms with van der Waals surface area (Å²) < 4.78 is 10.7. The van der Waals surface area contributed by atoms with Crippen LogP contribution in [-0.2, 0) is 4.79 Å². The standard InChI is InChI=1S/C22H21N3O3/c23-15-19(18-4-2-1-3-5-18)24-10-12-25(13-11-24)22(26)9-7-17-6-8-20-21(14-17)28-16-27-20/h1-9,14,19H,10-13,16H2/b9-7+. The Morgan fingerprint density at radius 1 is 1.04 bits per heavy atom. The average molecular weight is 375 g/mol. The third-order valence-electron chi connectivity index (χ3n) is 5.04. The first kappa shape index (κ1) is 18.1. The third kappa shape index (κ3) is 3.85. The zero-order chi connectivity index (χ0) is 19.3. The first-order valence-corrected chi connectivity index (χ1v) is 9.30. The molecule has 4 rings (SSSR count). The highest BCUT2D eigenvalue weighted by Gasteiger charge is 2.26. The van der Waals surface area contributed by atoms with Crippen LogP contribution in [-0.4, -0.2) is 48.7 Å². The van der Waals surface area contributed by atoms with Crippen LogP contribution in [0.4, 0.5) is 0 Å². The first-order valence-electron chi connectivity index (χ1n) is 9.30. The molecule has 0 aromatic heterocycles. The van der Waals surface area contributed by atoms with Gasteiger partial charge in [-0.05, 0) is 29.3 Å². The number of nitrogens with zero attached hydrogens (tertiary/aromatic N) is 3. The van der Waals surface area contributed by atoms with E-state index in [-0.39, 0.29) is 18.7 Å². The summed E-state index contributed by atoms with van der Waals surface area (Å²) in [5, 5.41) is 9.58. The van der Waals surface area contributed by atoms with Gasteiger partial charge < -0.3 is 14.4 Å². The predicted molar refractivity (Wildman–Crippen MR) is 105 cm³/mol. The number of carbonyl (C=O) groups excluding carboxylic acids is 1. The fourth-order valence-electron chi connectivity index (χ4n) is 3.49. The Kier molecular flexibility index (Phi) is 5.27. The molecule has 1 saturated heterocycles. The summed E-state index contributed by atoms with van der Waals surface area (Å²) in [6.07, 6.45) is 3.38. The molecule has 1 unspecified atom stereocenters. The Bertz CT molecular complexity index is 912. The van der Waals surface area contributed by atoms with Crippen LogP contribution in [0.1, 0.15) is 17.2 Å². The van der Waals surface area contributed by atoms with Crippen molar-refractivity contribution in [2.45, 2.75) is 6.04 Å². The molecule has 2 aromatic rings. The third-order valence-corrected chi connectivity index (χ3v) is 5.04. The van der Waals surface area contributed by atoms with Crippen LogP contribution < -0.4 is 9.47 Å². The van der Waals surface area contributed by atoms with Gasteiger partial charge in [-0.3, -0.25) is 9.69 Å². The van der Waals surface area contributed by atoms with E-state index in [9.17, 15) is 10.1 Å². The highest BCUT2D eigenvalue weighted by Crippen LogP contribution is 2.32. The minimum atomic E-state index is -0.275. The van der Waals surface area contributed by atoms with E-state index in [1.807, 2.05) is 53.4 Å². The van der Waals surface area contributed by atoms with Crippen LogP contribution in [0.25, 0.3) is 6.08 Å². The number of piperazine rings is 1. The summed E-state index contributed by atoms with van der Waals surface area (Å²) in [6.45, 7) is 2.80. The molecule has 1 fully saturated rings. The normalized spacial score (nSPS) is 17.5. The summed E-state index contributed by atoms with van der Waals surface area (Å²) in [5.41, 5.74) is 1.89. The van der Waals surface area contributed by atoms with Crippen molar-refractivity contribution in [3.63, 3.8) is 0 Å². The van der Waals surface area contributed by atoms with Gasteiger partial charge in [0.1, 0.15) is 6.04 Å². The molecule has 2 heterocycles. The molecule has 0 N–H and O–H groups in total. The van der Waals surface area contributed by atoms with Crippen molar-refractivity contribution in [3.8, 4) is 17.6 Å². The minimum Gasteiger partial charge on any atom is -0.454 e. The van der Waals surface area contributed by atoms with Gasteiger partial charge >= 0.3 is 0 Å². The van der Waals surface area contributed by atoms with Gasteiger partial charge in [0.25, 0.3) is 0 Å². The summed E-state index contributed by atoms with van der Waals surface area (Å²) in [7, 11) is 0. The molecule has 6 nitrogen and oxygen atoms in total. The maximum atomic E-state index is 12.5. The van der Waals surface area contributed by atoms with Gasteiger partial charge in [-0.1, -0.05) is 36.4 Å². The largest absolute Gasteiger partial charge is 0.454 e. The fourth-order valence-corrected chi connectivity index (χ4v) is 3.49. The summed E-state index contributed by atoms with van der Waals surface area (Å²) in [5.74, 6) is 1.40. The van der Waals surface area contributed by atoms with E-state index in [0.29, 0.717) is 31.9 Å². The van der Waals surface area contributed by atoms with Crippen LogP contribution in [0, 0.1) is 11.3 Å². The van der Waals surface area contributed by atoms with Crippen molar-refractivity contribution in [1.29, 1.82) is 5.26 Å². The van der Waals surface area contributed by atoms with Gasteiger partial charge in [-0.25, -0.2) is 0 Å². The van der Waals surface area contributed by atoms with E-state index in [2.05, 4.69) is 11.0 Å². The monoisotopic (exact) mass is 375 g/mol. The van der Waals surface area contributed by atoms with E-state index >= 15 is 0 Å². The Morgan fingerprint density at radius 2 is 1.79 bits per heavy atom. The van der Waals surface area contributed by atoms with Crippen molar-refractivity contribution in [3.05, 3.63) is 65.7 Å². The topological polar surface area (TPSA) is 65.8 Å². The molecule has 0 radical (unpaired) electrons. The van der Waals surface area contributed by atoms with Crippen LogP contribution in [0.3, 0.4) is 0 Å². The van der Waals surface area contributed by atoms with Crippen LogP contribution in [0.15, 0.2) is 54.6 Å². The molecular formula is C22H21N3O3. The molecule has 0 aliphatic carbocycles. The van der Waals surface area contributed by atoms with Crippen LogP contribution >= 0.6 is 0 Å². The number of nitriles is 1. The number of rotatable bonds is 4. The predicted octanol–water partition coefficient (Wildman–Crippen LogP) is 2.84. The Labute approximate surface area is 164 Å². The van der Waals surface area contributed by atoms with E-state index < -0.39 is 0 Å². The van der Waals surface area contributed by atoms with Crippen LogP contribution in [0.5, 0.6) is 11.5 Å². The number of ether oxygens (including phenoxy) is 2. The second kappa shape index (κ2) is 8.15. The number of benzene rings is 2. The molecule has 2 aromatic carbocycles. The average Bonchev–Trinajstić information content (AvgIpc) is 3.22. The van der Waals surface area contributed by atoms with Gasteiger partial charge in [-0.15, -0.1) is 0 Å². The van der Waals surface area contributed by atoms with E-state index in [1.54, 1.807) is 12.2 Å². The molecule has 1 atom stereocenters. The zero-order valence-corrected chi connectivity index (χ0v) is 15.5. The van der Waals surface area contributed by atoms with Crippen molar-refractivity contribution in [2.24, 2.45) is 0 Å². The molecule has 6 heteroatoms. The molecule has 28 heavy (non-hydrogen) atoms. The molecule has 2 aliphatic heterocycles. The minimum absolute atomic E-state index is 0.0227. The van der Waals surface area contributed by atoms with Gasteiger partial charge in [0, 0.05) is 32.3 Å². The van der Waals surface area contributed by atoms with E-state index in [4.69, 9.17) is 9.47 Å². The Morgan fingerprint density at radius 3 is 2.54 bits per heavy atom. The lowest BCUT2D eigenvalue weighted by Crippen LogP contribution is -2.49. The molecule has 0 bridgehead atoms. The highest BCUT2D eigenvalue weighted by molar-refractivity contribution is 5.92. The van der Waals surface area contributed by atoms with Gasteiger partial charge in [0.05, 0.1) is 6.07 Å². The van der Waals surface area contributed by atoms with Crippen molar-refractivity contribution >= 4 is 12.0 Å². The first-order chi connectivity index (χ1) is 13.7. The molecule has 1 amide bonds. The molecular weight excluding hydrogens is 354 g/mol. The second-order valence-electron chi connectivity index (χ2n) is 6.75. The summed E-state index contributed by atoms with van der Waals surface area (Å²) >= 11 is 0. The van der Waals surface area contributed by atoms with Crippen molar-refractivity contribution in [2.75, 3.05) is 33.0 Å². The maximum Gasteiger partial charge on any atom is 0.246 e. The molecule has 142 valence electrons. The second-order valence-corrected chi connectivity index (χ2v) is 6.75. The molecule has 0 spiro atoms. The fraction of sp³-hybridized carbons (Fsp3) is 0.273. The van der Waals surface area contributed by atoms with Gasteiger partial charge in [0.2, 0.25) is 12.7 Å². The van der Waals surface area contributed by atoms with Gasteiger partial charge in [0.15, 0.2) is 11.5 Å². The Balaban J connectivity index is 1.34. The van der Waals surface area contributed by atoms with Crippen molar-refractivity contribution in [1.82, 2.24) is 9.80 Å². The smallest absolute Gasteiger partial charge is 0.246 e. The lowest BCUT2D eigenvalue weighted by atomic mass is 10.1. The maximum absolute atomic E-state index is 12.5. The Hall–Kier alpha value is -3.30. The lowest BCUT2D eigenvalue weighted by molar-refractivity contribution is -0.127. The zero-order valence-electron chi connectivity index (χ0n) is 15.5. The quantitative estimate of drug-likeness (QED) is 0.769. The van der Waals surface area contributed by atoms with Crippen molar-refractivity contribution < 1.29 is 14.3 Å². The van der Waals surface area contributed by atoms with E-state index in [1.165, 1.54) is 0 Å². The number of amides is 1. The van der Waals surface area contributed by atoms with E-state index in [0.717, 1.165) is 16.9 Å². The number of carbonyl (C=O) groups is 1. The SMILES string of the molecule is N#CC(c1ccccc1)N1CCN(C(=O)/C=C/c2ccc3c(c2)OCO3)CC1. The number of hydrogen-bond donors (Lipinski definition) is 0. The molecule has 2 aliphatic rings. The highest BCUT2D eigenvalue weighted by atomic mass is 16.7. The van der Waals surface area contributed by atoms with Crippen LogP contribution in [0.2, 0.25) is 0 Å². The number of hydrogen-bond acceptors (Lipinski definition) is 5. The van der Waals surface area contributed by atoms with Gasteiger partial charge in [-0.2, -0.15) is 5.26 Å². The lowest BCUT2D eigenvalue weighted by Gasteiger charge is -2.36. The summed E-state index contributed by atoms with van der Waals surface area (Å²) in [4.78, 5) is 16.5. The molecule has 0 saturated carbocycles. The summed E-state index contributed by atoms with van der Waals surface area (Å²) in [6, 6.07) is 17.5. The number of fused-ring (bicyclic) bond motifs is 1.